The first-order valence-corrected chi connectivity index (χ1v) is 10.0. The fraction of sp³-hybridized carbons (Fsp3) is 0.316. The van der Waals surface area contributed by atoms with Crippen LogP contribution >= 0.6 is 0 Å². The molecule has 2 rings (SSSR count). The van der Waals surface area contributed by atoms with Gasteiger partial charge in [-0.2, -0.15) is 0 Å². The lowest BCUT2D eigenvalue weighted by molar-refractivity contribution is -0.123. The predicted octanol–water partition coefficient (Wildman–Crippen LogP) is 2.03. The third kappa shape index (κ3) is 5.94. The number of benzene rings is 2. The quantitative estimate of drug-likeness (QED) is 0.738. The number of carbonyl (C=O) groups excluding carboxylic acids is 1. The van der Waals surface area contributed by atoms with Crippen LogP contribution in [0.5, 0.6) is 0 Å². The molecule has 2 aromatic carbocycles. The number of nitrogens with zero attached hydrogens (tertiary/aromatic N) is 1. The average molecular weight is 375 g/mol. The van der Waals surface area contributed by atoms with E-state index in [0.717, 1.165) is 17.7 Å². The number of hydrogen-bond acceptors (Lipinski definition) is 4. The third-order valence-electron chi connectivity index (χ3n) is 4.15. The molecule has 0 unspecified atom stereocenters. The van der Waals surface area contributed by atoms with Gasteiger partial charge >= 0.3 is 0 Å². The molecule has 1 atom stereocenters. The lowest BCUT2D eigenvalue weighted by Gasteiger charge is -2.22. The Bertz CT molecular complexity index is 821. The van der Waals surface area contributed by atoms with Gasteiger partial charge in [-0.15, -0.1) is 0 Å². The zero-order chi connectivity index (χ0) is 19.2. The molecular formula is C19H25N3O3S. The van der Waals surface area contributed by atoms with Gasteiger partial charge in [-0.1, -0.05) is 49.4 Å². The van der Waals surface area contributed by atoms with Gasteiger partial charge < -0.3 is 5.32 Å². The second kappa shape index (κ2) is 8.93. The predicted molar refractivity (Wildman–Crippen MR) is 102 cm³/mol. The minimum Gasteiger partial charge on any atom is -0.348 e. The molecule has 3 N–H and O–H groups in total. The van der Waals surface area contributed by atoms with E-state index in [1.54, 1.807) is 12.1 Å². The van der Waals surface area contributed by atoms with Gasteiger partial charge in [0.2, 0.25) is 15.9 Å². The monoisotopic (exact) mass is 375 g/mol. The molecule has 0 radical (unpaired) electrons. The molecule has 7 heteroatoms. The van der Waals surface area contributed by atoms with E-state index in [4.69, 9.17) is 5.14 Å². The summed E-state index contributed by atoms with van der Waals surface area (Å²) in [6, 6.07) is 16.0. The van der Waals surface area contributed by atoms with Crippen molar-refractivity contribution >= 4 is 15.9 Å². The topological polar surface area (TPSA) is 92.5 Å². The summed E-state index contributed by atoms with van der Waals surface area (Å²) in [6.45, 7) is 5.65. The number of carbonyl (C=O) groups is 1. The summed E-state index contributed by atoms with van der Waals surface area (Å²) in [4.78, 5) is 14.5. The first-order valence-electron chi connectivity index (χ1n) is 8.48. The molecule has 0 aromatic heterocycles. The fourth-order valence-electron chi connectivity index (χ4n) is 2.64. The Kier molecular flexibility index (Phi) is 6.90. The van der Waals surface area contributed by atoms with E-state index in [2.05, 4.69) is 10.2 Å². The van der Waals surface area contributed by atoms with Crippen LogP contribution in [0.4, 0.5) is 0 Å². The van der Waals surface area contributed by atoms with Crippen LogP contribution in [0.2, 0.25) is 0 Å². The van der Waals surface area contributed by atoms with E-state index in [0.29, 0.717) is 13.1 Å². The number of likely N-dealkylation sites (N-methyl/N-ethyl adjacent to an activating group) is 1. The van der Waals surface area contributed by atoms with Crippen molar-refractivity contribution in [3.05, 3.63) is 65.7 Å². The Hall–Kier alpha value is -2.22. The second-order valence-electron chi connectivity index (χ2n) is 6.19. The molecule has 2 aromatic rings. The number of nitrogens with one attached hydrogen (secondary N) is 1. The normalized spacial score (nSPS) is 12.8. The first kappa shape index (κ1) is 20.1. The Labute approximate surface area is 155 Å². The summed E-state index contributed by atoms with van der Waals surface area (Å²) in [5, 5.41) is 8.04. The number of hydrogen-bond donors (Lipinski definition) is 2. The van der Waals surface area contributed by atoms with Crippen LogP contribution in [0.25, 0.3) is 0 Å². The summed E-state index contributed by atoms with van der Waals surface area (Å²) in [5.74, 6) is -0.0780. The van der Waals surface area contributed by atoms with Crippen molar-refractivity contribution in [2.45, 2.75) is 31.3 Å². The molecule has 0 aliphatic rings. The van der Waals surface area contributed by atoms with Crippen molar-refractivity contribution < 1.29 is 13.2 Å². The van der Waals surface area contributed by atoms with Crippen LogP contribution in [-0.2, 0) is 21.4 Å². The second-order valence-corrected chi connectivity index (χ2v) is 7.75. The molecule has 0 heterocycles. The maximum absolute atomic E-state index is 12.3. The van der Waals surface area contributed by atoms with E-state index in [-0.39, 0.29) is 16.8 Å². The van der Waals surface area contributed by atoms with Gasteiger partial charge in [0.05, 0.1) is 17.5 Å². The number of nitrogens with two attached hydrogens (primary N) is 1. The van der Waals surface area contributed by atoms with Crippen molar-refractivity contribution in [2.75, 3.05) is 13.1 Å². The van der Waals surface area contributed by atoms with Crippen LogP contribution in [0.3, 0.4) is 0 Å². The van der Waals surface area contributed by atoms with Crippen LogP contribution in [-0.4, -0.2) is 32.3 Å². The van der Waals surface area contributed by atoms with Crippen LogP contribution in [0, 0.1) is 0 Å². The summed E-state index contributed by atoms with van der Waals surface area (Å²) in [5.41, 5.74) is 1.98. The Morgan fingerprint density at radius 2 is 1.73 bits per heavy atom. The van der Waals surface area contributed by atoms with E-state index >= 15 is 0 Å². The minimum absolute atomic E-state index is 0.0554. The minimum atomic E-state index is -3.71. The SMILES string of the molecule is CCN(CC(=O)N[C@@H](C)c1ccc(S(N)(=O)=O)cc1)Cc1ccccc1. The average Bonchev–Trinajstić information content (AvgIpc) is 2.61. The number of rotatable bonds is 8. The first-order chi connectivity index (χ1) is 12.3. The highest BCUT2D eigenvalue weighted by Gasteiger charge is 2.14. The van der Waals surface area contributed by atoms with Crippen LogP contribution < -0.4 is 10.5 Å². The molecule has 0 fully saturated rings. The molecular weight excluding hydrogens is 350 g/mol. The fourth-order valence-corrected chi connectivity index (χ4v) is 3.16. The molecule has 0 aliphatic carbocycles. The smallest absolute Gasteiger partial charge is 0.238 e. The lowest BCUT2D eigenvalue weighted by atomic mass is 10.1. The zero-order valence-electron chi connectivity index (χ0n) is 15.1. The maximum Gasteiger partial charge on any atom is 0.238 e. The molecule has 0 aliphatic heterocycles. The van der Waals surface area contributed by atoms with E-state index in [9.17, 15) is 13.2 Å². The third-order valence-corrected chi connectivity index (χ3v) is 5.08. The summed E-state index contributed by atoms with van der Waals surface area (Å²) in [6.07, 6.45) is 0. The highest BCUT2D eigenvalue weighted by molar-refractivity contribution is 7.89. The van der Waals surface area contributed by atoms with Gasteiger partial charge in [0.25, 0.3) is 0 Å². The van der Waals surface area contributed by atoms with Crippen LogP contribution in [0.15, 0.2) is 59.5 Å². The summed E-state index contributed by atoms with van der Waals surface area (Å²) in [7, 11) is -3.71. The maximum atomic E-state index is 12.3. The van der Waals surface area contributed by atoms with E-state index in [1.807, 2.05) is 44.2 Å². The zero-order valence-corrected chi connectivity index (χ0v) is 15.9. The molecule has 0 saturated heterocycles. The van der Waals surface area contributed by atoms with Crippen LogP contribution in [0.1, 0.15) is 31.0 Å². The van der Waals surface area contributed by atoms with Gasteiger partial charge in [-0.3, -0.25) is 9.69 Å². The molecule has 1 amide bonds. The molecule has 0 spiro atoms. The van der Waals surface area contributed by atoms with E-state index < -0.39 is 10.0 Å². The largest absolute Gasteiger partial charge is 0.348 e. The molecule has 0 bridgehead atoms. The van der Waals surface area contributed by atoms with Gasteiger partial charge in [0, 0.05) is 6.54 Å². The van der Waals surface area contributed by atoms with Gasteiger partial charge in [0.15, 0.2) is 0 Å². The Morgan fingerprint density at radius 1 is 1.12 bits per heavy atom. The highest BCUT2D eigenvalue weighted by Crippen LogP contribution is 2.15. The van der Waals surface area contributed by atoms with Crippen molar-refractivity contribution in [3.63, 3.8) is 0 Å². The van der Waals surface area contributed by atoms with Gasteiger partial charge in [-0.05, 0) is 36.7 Å². The Balaban J connectivity index is 1.93. The Morgan fingerprint density at radius 3 is 2.27 bits per heavy atom. The number of amides is 1. The van der Waals surface area contributed by atoms with Crippen molar-refractivity contribution in [3.8, 4) is 0 Å². The van der Waals surface area contributed by atoms with Crippen molar-refractivity contribution in [1.29, 1.82) is 0 Å². The molecule has 6 nitrogen and oxygen atoms in total. The number of primary sulfonamides is 1. The lowest BCUT2D eigenvalue weighted by Crippen LogP contribution is -2.38. The summed E-state index contributed by atoms with van der Waals surface area (Å²) >= 11 is 0. The standard InChI is InChI=1S/C19H25N3O3S/c1-3-22(13-16-7-5-4-6-8-16)14-19(23)21-15(2)17-9-11-18(12-10-17)26(20,24)25/h4-12,15H,3,13-14H2,1-2H3,(H,21,23)(H2,20,24,25)/t15-/m0/s1. The van der Waals surface area contributed by atoms with Crippen molar-refractivity contribution in [1.82, 2.24) is 10.2 Å². The van der Waals surface area contributed by atoms with Crippen molar-refractivity contribution in [2.24, 2.45) is 5.14 Å². The molecule has 140 valence electrons. The highest BCUT2D eigenvalue weighted by atomic mass is 32.2. The van der Waals surface area contributed by atoms with Gasteiger partial charge in [-0.25, -0.2) is 13.6 Å². The summed E-state index contributed by atoms with van der Waals surface area (Å²) < 4.78 is 22.6. The molecule has 26 heavy (non-hydrogen) atoms. The number of sulfonamides is 1. The van der Waals surface area contributed by atoms with E-state index in [1.165, 1.54) is 12.1 Å². The molecule has 0 saturated carbocycles. The van der Waals surface area contributed by atoms with Gasteiger partial charge in [0.1, 0.15) is 0 Å².